The summed E-state index contributed by atoms with van der Waals surface area (Å²) in [5, 5.41) is 5.49. The highest BCUT2D eigenvalue weighted by atomic mass is 16.3. The first kappa shape index (κ1) is 13.9. The summed E-state index contributed by atoms with van der Waals surface area (Å²) in [5.74, 6) is 0.366. The van der Waals surface area contributed by atoms with Crippen LogP contribution in [0.1, 0.15) is 36.0 Å². The van der Waals surface area contributed by atoms with E-state index in [4.69, 9.17) is 4.42 Å². The summed E-state index contributed by atoms with van der Waals surface area (Å²) in [6.07, 6.45) is 1.57. The molecule has 104 valence electrons. The van der Waals surface area contributed by atoms with Gasteiger partial charge >= 0.3 is 0 Å². The largest absolute Gasteiger partial charge is 0.467 e. The van der Waals surface area contributed by atoms with Crippen LogP contribution >= 0.6 is 0 Å². The maximum absolute atomic E-state index is 12.0. The second-order valence-electron chi connectivity index (χ2n) is 4.47. The van der Waals surface area contributed by atoms with Crippen LogP contribution in [-0.4, -0.2) is 11.8 Å². The molecule has 0 fully saturated rings. The summed E-state index contributed by atoms with van der Waals surface area (Å²) in [6.45, 7) is 3.29. The van der Waals surface area contributed by atoms with Gasteiger partial charge in [-0.15, -0.1) is 0 Å². The predicted octanol–water partition coefficient (Wildman–Crippen LogP) is 2.73. The molecule has 0 spiro atoms. The van der Waals surface area contributed by atoms with Gasteiger partial charge < -0.3 is 15.1 Å². The molecule has 1 unspecified atom stereocenters. The van der Waals surface area contributed by atoms with Gasteiger partial charge in [0.25, 0.3) is 5.91 Å². The van der Waals surface area contributed by atoms with Gasteiger partial charge in [0.15, 0.2) is 0 Å². The number of rotatable bonds is 4. The van der Waals surface area contributed by atoms with Crippen molar-refractivity contribution in [2.75, 3.05) is 5.32 Å². The molecule has 2 N–H and O–H groups in total. The van der Waals surface area contributed by atoms with Crippen LogP contribution in [0.2, 0.25) is 0 Å². The molecule has 0 radical (unpaired) electrons. The lowest BCUT2D eigenvalue weighted by Gasteiger charge is -2.11. The maximum Gasteiger partial charge on any atom is 0.251 e. The van der Waals surface area contributed by atoms with E-state index in [2.05, 4.69) is 10.6 Å². The second kappa shape index (κ2) is 6.06. The minimum Gasteiger partial charge on any atom is -0.467 e. The third kappa shape index (κ3) is 3.47. The smallest absolute Gasteiger partial charge is 0.251 e. The van der Waals surface area contributed by atoms with E-state index < -0.39 is 0 Å². The van der Waals surface area contributed by atoms with Crippen molar-refractivity contribution in [1.82, 2.24) is 5.32 Å². The van der Waals surface area contributed by atoms with Crippen molar-refractivity contribution in [3.05, 3.63) is 54.0 Å². The first-order valence-electron chi connectivity index (χ1n) is 6.28. The summed E-state index contributed by atoms with van der Waals surface area (Å²) in [6, 6.07) is 10.1. The van der Waals surface area contributed by atoms with E-state index in [9.17, 15) is 9.59 Å². The molecule has 0 saturated heterocycles. The molecule has 0 bridgehead atoms. The van der Waals surface area contributed by atoms with Crippen molar-refractivity contribution in [2.45, 2.75) is 19.9 Å². The summed E-state index contributed by atoms with van der Waals surface area (Å²) < 4.78 is 5.23. The minimum absolute atomic E-state index is 0.145. The molecule has 0 saturated carbocycles. The number of carbonyl (C=O) groups is 2. The van der Waals surface area contributed by atoms with Crippen molar-refractivity contribution in [1.29, 1.82) is 0 Å². The van der Waals surface area contributed by atoms with Crippen molar-refractivity contribution in [3.63, 3.8) is 0 Å². The Morgan fingerprint density at radius 2 is 1.85 bits per heavy atom. The standard InChI is InChI=1S/C15H16N2O3/c1-10(14-4-3-9-20-14)16-15(19)12-5-7-13(8-6-12)17-11(2)18/h3-10H,1-2H3,(H,16,19)(H,17,18). The van der Waals surface area contributed by atoms with E-state index in [1.54, 1.807) is 36.6 Å². The fourth-order valence-electron chi connectivity index (χ4n) is 1.80. The highest BCUT2D eigenvalue weighted by Crippen LogP contribution is 2.14. The molecule has 1 aromatic heterocycles. The normalized spacial score (nSPS) is 11.7. The van der Waals surface area contributed by atoms with Crippen molar-refractivity contribution in [2.24, 2.45) is 0 Å². The molecule has 0 aliphatic rings. The number of benzene rings is 1. The molecule has 2 amide bonds. The third-order valence-electron chi connectivity index (χ3n) is 2.79. The molecule has 0 aliphatic carbocycles. The van der Waals surface area contributed by atoms with Gasteiger partial charge in [0.1, 0.15) is 5.76 Å². The topological polar surface area (TPSA) is 71.3 Å². The summed E-state index contributed by atoms with van der Waals surface area (Å²) >= 11 is 0. The Hall–Kier alpha value is -2.56. The average molecular weight is 272 g/mol. The summed E-state index contributed by atoms with van der Waals surface area (Å²) in [5.41, 5.74) is 1.19. The van der Waals surface area contributed by atoms with Gasteiger partial charge in [-0.05, 0) is 43.3 Å². The van der Waals surface area contributed by atoms with Crippen molar-refractivity contribution in [3.8, 4) is 0 Å². The van der Waals surface area contributed by atoms with Crippen LogP contribution in [0.15, 0.2) is 47.1 Å². The lowest BCUT2D eigenvalue weighted by Crippen LogP contribution is -2.26. The fraction of sp³-hybridized carbons (Fsp3) is 0.200. The predicted molar refractivity (Wildman–Crippen MR) is 75.3 cm³/mol. The minimum atomic E-state index is -0.201. The summed E-state index contributed by atoms with van der Waals surface area (Å²) in [4.78, 5) is 23.0. The van der Waals surface area contributed by atoms with Crippen LogP contribution in [0, 0.1) is 0 Å². The van der Waals surface area contributed by atoms with Crippen LogP contribution < -0.4 is 10.6 Å². The fourth-order valence-corrected chi connectivity index (χ4v) is 1.80. The Balaban J connectivity index is 2.00. The molecule has 5 nitrogen and oxygen atoms in total. The number of hydrogen-bond donors (Lipinski definition) is 2. The van der Waals surface area contributed by atoms with Gasteiger partial charge in [0.2, 0.25) is 5.91 Å². The Labute approximate surface area is 117 Å². The van der Waals surface area contributed by atoms with Gasteiger partial charge in [0.05, 0.1) is 12.3 Å². The molecule has 1 atom stereocenters. The van der Waals surface area contributed by atoms with Crippen LogP contribution in [0.3, 0.4) is 0 Å². The molecule has 2 rings (SSSR count). The average Bonchev–Trinajstić information content (AvgIpc) is 2.92. The highest BCUT2D eigenvalue weighted by Gasteiger charge is 2.13. The molecule has 2 aromatic rings. The van der Waals surface area contributed by atoms with Gasteiger partial charge in [-0.1, -0.05) is 0 Å². The van der Waals surface area contributed by atoms with Gasteiger partial charge in [-0.2, -0.15) is 0 Å². The molecule has 0 aliphatic heterocycles. The number of nitrogens with one attached hydrogen (secondary N) is 2. The third-order valence-corrected chi connectivity index (χ3v) is 2.79. The second-order valence-corrected chi connectivity index (χ2v) is 4.47. The zero-order chi connectivity index (χ0) is 14.5. The Morgan fingerprint density at radius 3 is 2.40 bits per heavy atom. The van der Waals surface area contributed by atoms with E-state index in [1.807, 2.05) is 13.0 Å². The molecule has 1 heterocycles. The number of hydrogen-bond acceptors (Lipinski definition) is 3. The lowest BCUT2D eigenvalue weighted by molar-refractivity contribution is -0.114. The van der Waals surface area contributed by atoms with Crippen molar-refractivity contribution < 1.29 is 14.0 Å². The number of amides is 2. The molecule has 1 aromatic carbocycles. The van der Waals surface area contributed by atoms with E-state index in [-0.39, 0.29) is 17.9 Å². The first-order valence-corrected chi connectivity index (χ1v) is 6.28. The molecular formula is C15H16N2O3. The monoisotopic (exact) mass is 272 g/mol. The zero-order valence-corrected chi connectivity index (χ0v) is 11.3. The van der Waals surface area contributed by atoms with Crippen molar-refractivity contribution >= 4 is 17.5 Å². The number of carbonyl (C=O) groups excluding carboxylic acids is 2. The van der Waals surface area contributed by atoms with Gasteiger partial charge in [-0.3, -0.25) is 9.59 Å². The lowest BCUT2D eigenvalue weighted by atomic mass is 10.1. The van der Waals surface area contributed by atoms with Crippen LogP contribution in [-0.2, 0) is 4.79 Å². The number of anilines is 1. The Bertz CT molecular complexity index is 588. The molecule has 5 heteroatoms. The van der Waals surface area contributed by atoms with E-state index in [0.717, 1.165) is 0 Å². The molecule has 20 heavy (non-hydrogen) atoms. The maximum atomic E-state index is 12.0. The Morgan fingerprint density at radius 1 is 1.15 bits per heavy atom. The first-order chi connectivity index (χ1) is 9.56. The van der Waals surface area contributed by atoms with E-state index >= 15 is 0 Å². The van der Waals surface area contributed by atoms with Gasteiger partial charge in [0, 0.05) is 18.2 Å². The van der Waals surface area contributed by atoms with Gasteiger partial charge in [-0.25, -0.2) is 0 Å². The zero-order valence-electron chi connectivity index (χ0n) is 11.3. The SMILES string of the molecule is CC(=O)Nc1ccc(C(=O)NC(C)c2ccco2)cc1. The quantitative estimate of drug-likeness (QED) is 0.899. The van der Waals surface area contributed by atoms with Crippen LogP contribution in [0.25, 0.3) is 0 Å². The van der Waals surface area contributed by atoms with E-state index in [0.29, 0.717) is 17.0 Å². The summed E-state index contributed by atoms with van der Waals surface area (Å²) in [7, 11) is 0. The highest BCUT2D eigenvalue weighted by molar-refractivity contribution is 5.95. The van der Waals surface area contributed by atoms with Crippen LogP contribution in [0.5, 0.6) is 0 Å². The van der Waals surface area contributed by atoms with E-state index in [1.165, 1.54) is 6.92 Å². The molecular weight excluding hydrogens is 256 g/mol. The Kier molecular flexibility index (Phi) is 4.20. The van der Waals surface area contributed by atoms with Crippen LogP contribution in [0.4, 0.5) is 5.69 Å². The number of furan rings is 1.